The number of hydrogen-bond donors (Lipinski definition) is 0. The van der Waals surface area contributed by atoms with Crippen molar-refractivity contribution in [1.29, 1.82) is 0 Å². The molecule has 0 bridgehead atoms. The molecular formula is C14H24N4O2. The van der Waals surface area contributed by atoms with Crippen LogP contribution in [-0.4, -0.2) is 53.0 Å². The second kappa shape index (κ2) is 6.35. The molecule has 1 aliphatic rings. The number of rotatable bonds is 4. The predicted molar refractivity (Wildman–Crippen MR) is 75.1 cm³/mol. The van der Waals surface area contributed by atoms with Crippen LogP contribution in [0.25, 0.3) is 0 Å². The molecule has 1 aliphatic heterocycles. The van der Waals surface area contributed by atoms with Crippen LogP contribution in [0.5, 0.6) is 0 Å². The molecule has 1 fully saturated rings. The van der Waals surface area contributed by atoms with Crippen molar-refractivity contribution in [2.24, 2.45) is 5.92 Å². The van der Waals surface area contributed by atoms with Gasteiger partial charge < -0.3 is 9.42 Å². The first-order valence-electron chi connectivity index (χ1n) is 7.23. The fraction of sp³-hybridized carbons (Fsp3) is 0.786. The Kier molecular flexibility index (Phi) is 4.75. The molecule has 2 heterocycles. The molecule has 2 rings (SSSR count). The number of carbonyl (C=O) groups is 1. The van der Waals surface area contributed by atoms with Crippen molar-refractivity contribution in [3.63, 3.8) is 0 Å². The summed E-state index contributed by atoms with van der Waals surface area (Å²) in [5.41, 5.74) is 0. The third-order valence-corrected chi connectivity index (χ3v) is 3.65. The summed E-state index contributed by atoms with van der Waals surface area (Å²) >= 11 is 0. The van der Waals surface area contributed by atoms with Gasteiger partial charge in [-0.15, -0.1) is 0 Å². The van der Waals surface area contributed by atoms with Crippen molar-refractivity contribution in [2.45, 2.75) is 39.2 Å². The monoisotopic (exact) mass is 280 g/mol. The Balaban J connectivity index is 1.93. The fourth-order valence-electron chi connectivity index (χ4n) is 2.52. The average molecular weight is 280 g/mol. The lowest BCUT2D eigenvalue weighted by atomic mass is 9.97. The Hall–Kier alpha value is -1.43. The van der Waals surface area contributed by atoms with Crippen molar-refractivity contribution in [3.05, 3.63) is 11.7 Å². The molecule has 0 N–H and O–H groups in total. The zero-order valence-electron chi connectivity index (χ0n) is 12.8. The van der Waals surface area contributed by atoms with Gasteiger partial charge in [-0.1, -0.05) is 19.0 Å². The van der Waals surface area contributed by atoms with E-state index in [1.165, 1.54) is 0 Å². The third kappa shape index (κ3) is 3.56. The van der Waals surface area contributed by atoms with Gasteiger partial charge in [0.2, 0.25) is 11.8 Å². The van der Waals surface area contributed by atoms with E-state index in [1.54, 1.807) is 4.90 Å². The van der Waals surface area contributed by atoms with Gasteiger partial charge in [0.15, 0.2) is 5.82 Å². The summed E-state index contributed by atoms with van der Waals surface area (Å²) in [7, 11) is 3.63. The van der Waals surface area contributed by atoms with Gasteiger partial charge in [0, 0.05) is 26.6 Å². The lowest BCUT2D eigenvalue weighted by molar-refractivity contribution is -0.134. The molecule has 1 aromatic rings. The van der Waals surface area contributed by atoms with E-state index in [0.717, 1.165) is 31.8 Å². The van der Waals surface area contributed by atoms with Gasteiger partial charge >= 0.3 is 0 Å². The number of piperidine rings is 1. The Labute approximate surface area is 120 Å². The molecule has 1 atom stereocenters. The van der Waals surface area contributed by atoms with Gasteiger partial charge in [-0.3, -0.25) is 9.69 Å². The molecule has 1 saturated heterocycles. The Morgan fingerprint density at radius 1 is 1.50 bits per heavy atom. The van der Waals surface area contributed by atoms with Crippen molar-refractivity contribution >= 4 is 5.91 Å². The molecule has 112 valence electrons. The molecule has 1 amide bonds. The Bertz CT molecular complexity index is 456. The first kappa shape index (κ1) is 15.0. The molecular weight excluding hydrogens is 256 g/mol. The highest BCUT2D eigenvalue weighted by atomic mass is 16.5. The lowest BCUT2D eigenvalue weighted by Crippen LogP contribution is -2.42. The summed E-state index contributed by atoms with van der Waals surface area (Å²) in [6.07, 6.45) is 2.00. The summed E-state index contributed by atoms with van der Waals surface area (Å²) < 4.78 is 5.27. The van der Waals surface area contributed by atoms with E-state index in [0.29, 0.717) is 12.4 Å². The minimum atomic E-state index is 0.0891. The van der Waals surface area contributed by atoms with Crippen LogP contribution >= 0.6 is 0 Å². The van der Waals surface area contributed by atoms with E-state index < -0.39 is 0 Å². The lowest BCUT2D eigenvalue weighted by Gasteiger charge is -2.32. The summed E-state index contributed by atoms with van der Waals surface area (Å²) in [6.45, 7) is 6.48. The maximum Gasteiger partial charge on any atom is 0.240 e. The van der Waals surface area contributed by atoms with Gasteiger partial charge in [-0.2, -0.15) is 4.98 Å². The van der Waals surface area contributed by atoms with E-state index in [2.05, 4.69) is 15.0 Å². The van der Waals surface area contributed by atoms with Crippen molar-refractivity contribution in [1.82, 2.24) is 19.9 Å². The largest absolute Gasteiger partial charge is 0.349 e. The molecule has 0 radical (unpaired) electrons. The van der Waals surface area contributed by atoms with Crippen LogP contribution in [0.15, 0.2) is 4.52 Å². The van der Waals surface area contributed by atoms with E-state index in [9.17, 15) is 4.79 Å². The van der Waals surface area contributed by atoms with Crippen molar-refractivity contribution < 1.29 is 9.32 Å². The number of nitrogens with zero attached hydrogens (tertiary/aromatic N) is 4. The number of likely N-dealkylation sites (tertiary alicyclic amines) is 1. The van der Waals surface area contributed by atoms with E-state index in [-0.39, 0.29) is 17.7 Å². The maximum atomic E-state index is 12.0. The predicted octanol–water partition coefficient (Wildman–Crippen LogP) is 1.49. The topological polar surface area (TPSA) is 62.5 Å². The maximum absolute atomic E-state index is 12.0. The normalized spacial score (nSPS) is 20.4. The molecule has 1 unspecified atom stereocenters. The second-order valence-electron chi connectivity index (χ2n) is 6.01. The summed E-state index contributed by atoms with van der Waals surface area (Å²) in [4.78, 5) is 20.3. The van der Waals surface area contributed by atoms with Crippen molar-refractivity contribution in [2.75, 3.05) is 27.2 Å². The third-order valence-electron chi connectivity index (χ3n) is 3.65. The molecule has 20 heavy (non-hydrogen) atoms. The van der Waals surface area contributed by atoms with Gasteiger partial charge in [-0.25, -0.2) is 0 Å². The smallest absolute Gasteiger partial charge is 0.240 e. The van der Waals surface area contributed by atoms with Crippen LogP contribution in [0, 0.1) is 5.92 Å². The van der Waals surface area contributed by atoms with Crippen molar-refractivity contribution in [3.8, 4) is 0 Å². The molecule has 6 heteroatoms. The van der Waals surface area contributed by atoms with Gasteiger partial charge in [-0.05, 0) is 19.4 Å². The molecule has 0 aliphatic carbocycles. The SMILES string of the molecule is CC(C)c1noc(CN2CCCC(C(=O)N(C)C)C2)n1. The molecule has 6 nitrogen and oxygen atoms in total. The van der Waals surface area contributed by atoms with Crippen LogP contribution in [-0.2, 0) is 11.3 Å². The number of hydrogen-bond acceptors (Lipinski definition) is 5. The standard InChI is InChI=1S/C14H24N4O2/c1-10(2)13-15-12(20-16-13)9-18-7-5-6-11(8-18)14(19)17(3)4/h10-11H,5-9H2,1-4H3. The molecule has 1 aromatic heterocycles. The highest BCUT2D eigenvalue weighted by molar-refractivity contribution is 5.78. The van der Waals surface area contributed by atoms with E-state index in [1.807, 2.05) is 27.9 Å². The van der Waals surface area contributed by atoms with Crippen LogP contribution < -0.4 is 0 Å². The highest BCUT2D eigenvalue weighted by Gasteiger charge is 2.27. The first-order chi connectivity index (χ1) is 9.47. The van der Waals surface area contributed by atoms with Crippen LogP contribution in [0.1, 0.15) is 44.3 Å². The zero-order chi connectivity index (χ0) is 14.7. The van der Waals surface area contributed by atoms with Gasteiger partial charge in [0.25, 0.3) is 0 Å². The van der Waals surface area contributed by atoms with E-state index in [4.69, 9.17) is 4.52 Å². The summed E-state index contributed by atoms with van der Waals surface area (Å²) in [6, 6.07) is 0. The Morgan fingerprint density at radius 3 is 2.85 bits per heavy atom. The fourth-order valence-corrected chi connectivity index (χ4v) is 2.52. The molecule has 0 spiro atoms. The number of amides is 1. The average Bonchev–Trinajstić information content (AvgIpc) is 2.86. The second-order valence-corrected chi connectivity index (χ2v) is 6.01. The van der Waals surface area contributed by atoms with Gasteiger partial charge in [0.05, 0.1) is 12.5 Å². The minimum absolute atomic E-state index is 0.0891. The molecule has 0 aromatic carbocycles. The molecule has 0 saturated carbocycles. The highest BCUT2D eigenvalue weighted by Crippen LogP contribution is 2.20. The summed E-state index contributed by atoms with van der Waals surface area (Å²) in [5.74, 6) is 1.97. The van der Waals surface area contributed by atoms with Crippen LogP contribution in [0.2, 0.25) is 0 Å². The number of aromatic nitrogens is 2. The quantitative estimate of drug-likeness (QED) is 0.836. The van der Waals surface area contributed by atoms with E-state index >= 15 is 0 Å². The first-order valence-corrected chi connectivity index (χ1v) is 7.23. The summed E-state index contributed by atoms with van der Waals surface area (Å²) in [5, 5.41) is 3.98. The zero-order valence-corrected chi connectivity index (χ0v) is 12.8. The van der Waals surface area contributed by atoms with Crippen LogP contribution in [0.4, 0.5) is 0 Å². The Morgan fingerprint density at radius 2 is 2.25 bits per heavy atom. The minimum Gasteiger partial charge on any atom is -0.349 e. The van der Waals surface area contributed by atoms with Gasteiger partial charge in [0.1, 0.15) is 0 Å². The number of carbonyl (C=O) groups excluding carboxylic acids is 1. The van der Waals surface area contributed by atoms with Crippen LogP contribution in [0.3, 0.4) is 0 Å².